The molecule has 118 valence electrons. The zero-order valence-corrected chi connectivity index (χ0v) is 11.6. The summed E-state index contributed by atoms with van der Waals surface area (Å²) in [6, 6.07) is 7.52. The molecule has 1 heterocycles. The van der Waals surface area contributed by atoms with Gasteiger partial charge >= 0.3 is 6.18 Å². The Labute approximate surface area is 125 Å². The minimum absolute atomic E-state index is 0.0164. The van der Waals surface area contributed by atoms with E-state index in [4.69, 9.17) is 10.2 Å². The van der Waals surface area contributed by atoms with Gasteiger partial charge in [0, 0.05) is 6.42 Å². The molecule has 4 nitrogen and oxygen atoms in total. The van der Waals surface area contributed by atoms with Crippen LogP contribution in [-0.4, -0.2) is 18.1 Å². The number of furan rings is 1. The van der Waals surface area contributed by atoms with Crippen LogP contribution in [0.15, 0.2) is 47.1 Å². The van der Waals surface area contributed by atoms with Crippen molar-refractivity contribution in [2.45, 2.75) is 25.2 Å². The highest BCUT2D eigenvalue weighted by molar-refractivity contribution is 5.94. The Morgan fingerprint density at radius 2 is 1.95 bits per heavy atom. The lowest BCUT2D eigenvalue weighted by Gasteiger charge is -2.21. The standard InChI is InChI=1S/C15H15F3N2O2/c16-15(17,18)13(6-10-4-2-1-3-5-10)20-14(21)11-7-12(8-19)22-9-11/h1-5,7,9,13H,6,8,19H2,(H,20,21). The molecule has 1 atom stereocenters. The second-order valence-electron chi connectivity index (χ2n) is 4.76. The number of alkyl halides is 3. The molecule has 0 radical (unpaired) electrons. The fourth-order valence-electron chi connectivity index (χ4n) is 1.95. The summed E-state index contributed by atoms with van der Waals surface area (Å²) in [7, 11) is 0. The third-order valence-corrected chi connectivity index (χ3v) is 3.10. The van der Waals surface area contributed by atoms with Gasteiger partial charge in [-0.3, -0.25) is 4.79 Å². The Kier molecular flexibility index (Phi) is 4.87. The Hall–Kier alpha value is -2.28. The SMILES string of the molecule is NCc1cc(C(=O)NC(Cc2ccccc2)C(F)(F)F)co1. The lowest BCUT2D eigenvalue weighted by molar-refractivity contribution is -0.153. The number of nitrogens with two attached hydrogens (primary N) is 1. The van der Waals surface area contributed by atoms with E-state index in [1.54, 1.807) is 30.3 Å². The predicted molar refractivity (Wildman–Crippen MR) is 74.1 cm³/mol. The van der Waals surface area contributed by atoms with Crippen molar-refractivity contribution in [3.8, 4) is 0 Å². The minimum atomic E-state index is -4.55. The smallest absolute Gasteiger partial charge is 0.408 e. The zero-order chi connectivity index (χ0) is 16.2. The predicted octanol–water partition coefficient (Wildman–Crippen LogP) is 2.64. The van der Waals surface area contributed by atoms with E-state index in [-0.39, 0.29) is 18.5 Å². The molecular formula is C15H15F3N2O2. The summed E-state index contributed by atoms with van der Waals surface area (Å²) in [6.45, 7) is 0.0694. The summed E-state index contributed by atoms with van der Waals surface area (Å²) in [6.07, 6.45) is -3.79. The number of carbonyl (C=O) groups excluding carboxylic acids is 1. The van der Waals surface area contributed by atoms with E-state index in [2.05, 4.69) is 0 Å². The van der Waals surface area contributed by atoms with Crippen molar-refractivity contribution in [2.75, 3.05) is 0 Å². The lowest BCUT2D eigenvalue weighted by atomic mass is 10.1. The number of rotatable bonds is 5. The molecule has 0 fully saturated rings. The number of halogens is 3. The van der Waals surface area contributed by atoms with E-state index in [1.807, 2.05) is 5.32 Å². The lowest BCUT2D eigenvalue weighted by Crippen LogP contribution is -2.46. The molecular weight excluding hydrogens is 297 g/mol. The van der Waals surface area contributed by atoms with Crippen molar-refractivity contribution >= 4 is 5.91 Å². The first-order valence-corrected chi connectivity index (χ1v) is 6.59. The van der Waals surface area contributed by atoms with Gasteiger partial charge in [0.1, 0.15) is 18.1 Å². The molecule has 0 aliphatic carbocycles. The van der Waals surface area contributed by atoms with Crippen LogP contribution in [0.25, 0.3) is 0 Å². The quantitative estimate of drug-likeness (QED) is 0.892. The maximum absolute atomic E-state index is 13.1. The van der Waals surface area contributed by atoms with Crippen LogP contribution < -0.4 is 11.1 Å². The van der Waals surface area contributed by atoms with E-state index in [0.717, 1.165) is 6.26 Å². The Morgan fingerprint density at radius 3 is 2.50 bits per heavy atom. The summed E-state index contributed by atoms with van der Waals surface area (Å²) in [5.74, 6) is -0.515. The molecule has 0 saturated carbocycles. The molecule has 3 N–H and O–H groups in total. The average Bonchev–Trinajstić information content (AvgIpc) is 2.95. The first-order valence-electron chi connectivity index (χ1n) is 6.59. The molecule has 1 unspecified atom stereocenters. The van der Waals surface area contributed by atoms with Crippen LogP contribution in [0.3, 0.4) is 0 Å². The Balaban J connectivity index is 2.11. The van der Waals surface area contributed by atoms with Gasteiger partial charge in [-0.1, -0.05) is 30.3 Å². The number of amides is 1. The fraction of sp³-hybridized carbons (Fsp3) is 0.267. The van der Waals surface area contributed by atoms with E-state index in [1.165, 1.54) is 6.07 Å². The Morgan fingerprint density at radius 1 is 1.27 bits per heavy atom. The monoisotopic (exact) mass is 312 g/mol. The van der Waals surface area contributed by atoms with Gasteiger partial charge in [-0.25, -0.2) is 0 Å². The highest BCUT2D eigenvalue weighted by atomic mass is 19.4. The number of nitrogens with one attached hydrogen (secondary N) is 1. The van der Waals surface area contributed by atoms with E-state index >= 15 is 0 Å². The first-order chi connectivity index (χ1) is 10.4. The number of carbonyl (C=O) groups is 1. The van der Waals surface area contributed by atoms with Crippen LogP contribution in [0.5, 0.6) is 0 Å². The van der Waals surface area contributed by atoms with Crippen molar-refractivity contribution in [1.82, 2.24) is 5.32 Å². The molecule has 2 rings (SSSR count). The molecule has 2 aromatic rings. The van der Waals surface area contributed by atoms with Crippen molar-refractivity contribution in [3.05, 3.63) is 59.5 Å². The van der Waals surface area contributed by atoms with Gasteiger partial charge in [-0.05, 0) is 11.6 Å². The molecule has 0 aliphatic rings. The van der Waals surface area contributed by atoms with Crippen LogP contribution in [0.2, 0.25) is 0 Å². The van der Waals surface area contributed by atoms with Crippen molar-refractivity contribution in [1.29, 1.82) is 0 Å². The summed E-state index contributed by atoms with van der Waals surface area (Å²) < 4.78 is 44.2. The van der Waals surface area contributed by atoms with E-state index in [9.17, 15) is 18.0 Å². The first kappa shape index (κ1) is 16.1. The largest absolute Gasteiger partial charge is 0.467 e. The minimum Gasteiger partial charge on any atom is -0.467 e. The van der Waals surface area contributed by atoms with Gasteiger partial charge in [0.25, 0.3) is 5.91 Å². The Bertz CT molecular complexity index is 623. The molecule has 0 saturated heterocycles. The molecule has 1 amide bonds. The van der Waals surface area contributed by atoms with Crippen LogP contribution in [0.1, 0.15) is 21.7 Å². The maximum Gasteiger partial charge on any atom is 0.408 e. The highest BCUT2D eigenvalue weighted by Crippen LogP contribution is 2.24. The normalized spacial score (nSPS) is 12.9. The molecule has 7 heteroatoms. The van der Waals surface area contributed by atoms with Crippen LogP contribution >= 0.6 is 0 Å². The second kappa shape index (κ2) is 6.65. The molecule has 22 heavy (non-hydrogen) atoms. The fourth-order valence-corrected chi connectivity index (χ4v) is 1.95. The highest BCUT2D eigenvalue weighted by Gasteiger charge is 2.40. The number of benzene rings is 1. The molecule has 0 spiro atoms. The number of hydrogen-bond acceptors (Lipinski definition) is 3. The van der Waals surface area contributed by atoms with Crippen LogP contribution in [0.4, 0.5) is 13.2 Å². The van der Waals surface area contributed by atoms with Crippen molar-refractivity contribution in [3.63, 3.8) is 0 Å². The number of hydrogen-bond donors (Lipinski definition) is 2. The van der Waals surface area contributed by atoms with Gasteiger partial charge in [-0.15, -0.1) is 0 Å². The third kappa shape index (κ3) is 4.11. The summed E-state index contributed by atoms with van der Waals surface area (Å²) in [4.78, 5) is 11.9. The van der Waals surface area contributed by atoms with Crippen molar-refractivity contribution in [2.24, 2.45) is 5.73 Å². The van der Waals surface area contributed by atoms with Gasteiger partial charge < -0.3 is 15.5 Å². The van der Waals surface area contributed by atoms with Gasteiger partial charge in [0.05, 0.1) is 12.1 Å². The summed E-state index contributed by atoms with van der Waals surface area (Å²) in [5.41, 5.74) is 5.83. The van der Waals surface area contributed by atoms with E-state index < -0.39 is 18.1 Å². The summed E-state index contributed by atoms with van der Waals surface area (Å²) in [5, 5.41) is 1.99. The zero-order valence-electron chi connectivity index (χ0n) is 11.6. The molecule has 1 aromatic carbocycles. The average molecular weight is 312 g/mol. The molecule has 1 aromatic heterocycles. The van der Waals surface area contributed by atoms with Crippen LogP contribution in [-0.2, 0) is 13.0 Å². The van der Waals surface area contributed by atoms with Gasteiger partial charge in [0.15, 0.2) is 0 Å². The van der Waals surface area contributed by atoms with E-state index in [0.29, 0.717) is 11.3 Å². The topological polar surface area (TPSA) is 68.3 Å². The molecule has 0 bridgehead atoms. The van der Waals surface area contributed by atoms with Gasteiger partial charge in [0.2, 0.25) is 0 Å². The molecule has 0 aliphatic heterocycles. The van der Waals surface area contributed by atoms with Crippen molar-refractivity contribution < 1.29 is 22.4 Å². The summed E-state index contributed by atoms with van der Waals surface area (Å²) >= 11 is 0. The maximum atomic E-state index is 13.1. The third-order valence-electron chi connectivity index (χ3n) is 3.10. The van der Waals surface area contributed by atoms with Crippen LogP contribution in [0, 0.1) is 0 Å². The van der Waals surface area contributed by atoms with Gasteiger partial charge in [-0.2, -0.15) is 13.2 Å². The second-order valence-corrected chi connectivity index (χ2v) is 4.76.